The Balaban J connectivity index is 0.902. The number of aliphatic hydroxyl groups excluding tert-OH is 12. The van der Waals surface area contributed by atoms with Gasteiger partial charge in [-0.3, -0.25) is 4.79 Å². The highest BCUT2D eigenvalue weighted by atomic mass is 16.8. The second-order valence-electron chi connectivity index (χ2n) is 25.6. The topological polar surface area (TPSA) is 343 Å². The monoisotopic (exact) mass is 1060 g/mol. The molecule has 22 nitrogen and oxygen atoms in total. The molecule has 5 aliphatic heterocycles. The van der Waals surface area contributed by atoms with Gasteiger partial charge in [-0.2, -0.15) is 0 Å². The molecule has 12 N–H and O–H groups in total. The summed E-state index contributed by atoms with van der Waals surface area (Å²) in [6, 6.07) is 0. The summed E-state index contributed by atoms with van der Waals surface area (Å²) >= 11 is 0. The van der Waals surface area contributed by atoms with Gasteiger partial charge in [0.05, 0.1) is 38.6 Å². The Bertz CT molecular complexity index is 2090. The number of hydrogen-bond donors (Lipinski definition) is 12. The van der Waals surface area contributed by atoms with Crippen molar-refractivity contribution in [3.05, 3.63) is 11.6 Å². The summed E-state index contributed by atoms with van der Waals surface area (Å²) in [6.45, 7) is 13.5. The summed E-state index contributed by atoms with van der Waals surface area (Å²) in [5, 5.41) is 131. The maximum Gasteiger partial charge on any atom is 0.315 e. The van der Waals surface area contributed by atoms with Crippen LogP contribution in [-0.2, 0) is 47.4 Å². The fourth-order valence-corrected chi connectivity index (χ4v) is 16.4. The van der Waals surface area contributed by atoms with Crippen molar-refractivity contribution in [2.75, 3.05) is 26.4 Å². The molecule has 0 aromatic rings. The van der Waals surface area contributed by atoms with E-state index in [1.54, 1.807) is 0 Å². The predicted octanol–water partition coefficient (Wildman–Crippen LogP) is -1.77. The molecule has 0 aromatic heterocycles. The number of esters is 1. The number of fused-ring (bicyclic) bond motifs is 7. The number of hydrogen-bond acceptors (Lipinski definition) is 22. The Hall–Kier alpha value is -1.59. The predicted molar refractivity (Wildman–Crippen MR) is 250 cm³/mol. The molecule has 74 heavy (non-hydrogen) atoms. The van der Waals surface area contributed by atoms with Crippen molar-refractivity contribution in [3.8, 4) is 0 Å². The lowest BCUT2D eigenvalue weighted by molar-refractivity contribution is -0.384. The van der Waals surface area contributed by atoms with E-state index < -0.39 is 165 Å². The van der Waals surface area contributed by atoms with Crippen LogP contribution in [0, 0.1) is 50.2 Å². The summed E-state index contributed by atoms with van der Waals surface area (Å²) in [5.74, 6) is -0.131. The normalized spacial score (nSPS) is 55.7. The van der Waals surface area contributed by atoms with Gasteiger partial charge in [0, 0.05) is 11.8 Å². The highest BCUT2D eigenvalue weighted by Gasteiger charge is 2.75. The molecule has 422 valence electrons. The lowest BCUT2D eigenvalue weighted by atomic mass is 9.33. The average Bonchev–Trinajstić information content (AvgIpc) is 3.68. The molecule has 0 radical (unpaired) electrons. The standard InChI is InChI=1S/C52H82O22/c1-47(2)14-22-21-8-9-28-49(5)12-11-30(48(3,4)27(49)10-13-50(28,6)51(21,7)15-29(56)52(22)16-31(47)72-46(52)65)71-45-41(74-43-39(64)36(61)34(59)25(17-53)69-43)37(62)35(60)26(70-45)20-68-44-40(33(58)24(55)19-67-44)73-42-38(63)32(57)23(54)18-66-42/h8,22-45,53-64H,9-20H2,1-7H3. The maximum absolute atomic E-state index is 13.8. The van der Waals surface area contributed by atoms with Crippen LogP contribution in [0.25, 0.3) is 0 Å². The van der Waals surface area contributed by atoms with E-state index in [-0.39, 0.29) is 46.1 Å². The van der Waals surface area contributed by atoms with Crippen LogP contribution in [0.1, 0.15) is 99.8 Å². The summed E-state index contributed by atoms with van der Waals surface area (Å²) < 4.78 is 54.2. The molecule has 5 saturated heterocycles. The zero-order valence-corrected chi connectivity index (χ0v) is 43.4. The zero-order chi connectivity index (χ0) is 53.6. The first-order valence-electron chi connectivity index (χ1n) is 26.8. The van der Waals surface area contributed by atoms with Crippen molar-refractivity contribution in [3.63, 3.8) is 0 Å². The van der Waals surface area contributed by atoms with Gasteiger partial charge in [-0.1, -0.05) is 60.1 Å². The number of aliphatic hydroxyl groups is 12. The van der Waals surface area contributed by atoms with Gasteiger partial charge in [0.15, 0.2) is 25.2 Å². The Kier molecular flexibility index (Phi) is 14.8. The van der Waals surface area contributed by atoms with Gasteiger partial charge in [-0.25, -0.2) is 0 Å². The highest BCUT2D eigenvalue weighted by molar-refractivity contribution is 5.82. The molecule has 28 unspecified atom stereocenters. The van der Waals surface area contributed by atoms with Crippen molar-refractivity contribution >= 4 is 5.97 Å². The minimum absolute atomic E-state index is 0.0747. The lowest BCUT2D eigenvalue weighted by Gasteiger charge is -2.71. The molecule has 1 spiro atoms. The van der Waals surface area contributed by atoms with E-state index in [2.05, 4.69) is 54.5 Å². The van der Waals surface area contributed by atoms with E-state index in [1.165, 1.54) is 5.57 Å². The smallest absolute Gasteiger partial charge is 0.315 e. The highest BCUT2D eigenvalue weighted by Crippen LogP contribution is 2.77. The number of carbonyl (C=O) groups excluding carboxylic acids is 1. The SMILES string of the molecule is CC1(C)CC2C3=CCC4C5(C)CCC(OC6OC(COC7OCC(O)C(O)C7OC7OCC(O)C(O)C7O)C(O)C(O)C6OC6OC(CO)C(O)C(O)C6O)C(C)(C)C5CCC4(C)C3(C)CC(O)C23CC1OC3=O. The van der Waals surface area contributed by atoms with Crippen LogP contribution in [0.3, 0.4) is 0 Å². The minimum Gasteiger partial charge on any atom is -0.461 e. The van der Waals surface area contributed by atoms with E-state index in [9.17, 15) is 66.1 Å². The van der Waals surface area contributed by atoms with Crippen LogP contribution < -0.4 is 0 Å². The zero-order valence-electron chi connectivity index (χ0n) is 43.4. The second-order valence-corrected chi connectivity index (χ2v) is 25.6. The molecule has 10 rings (SSSR count). The van der Waals surface area contributed by atoms with Gasteiger partial charge in [0.1, 0.15) is 97.0 Å². The fraction of sp³-hybridized carbons (Fsp3) is 0.942. The van der Waals surface area contributed by atoms with E-state index in [0.717, 1.165) is 32.1 Å². The van der Waals surface area contributed by atoms with Crippen molar-refractivity contribution in [1.82, 2.24) is 0 Å². The summed E-state index contributed by atoms with van der Waals surface area (Å²) in [6.07, 6.45) is -23.2. The molecule has 0 aromatic carbocycles. The third-order valence-electron chi connectivity index (χ3n) is 21.1. The van der Waals surface area contributed by atoms with Gasteiger partial charge < -0.3 is 104 Å². The van der Waals surface area contributed by atoms with Crippen molar-refractivity contribution < 1.29 is 109 Å². The molecule has 0 amide bonds. The van der Waals surface area contributed by atoms with Crippen LogP contribution in [0.5, 0.6) is 0 Å². The van der Waals surface area contributed by atoms with Crippen molar-refractivity contribution in [1.29, 1.82) is 0 Å². The van der Waals surface area contributed by atoms with E-state index in [4.69, 9.17) is 42.6 Å². The van der Waals surface area contributed by atoms with E-state index >= 15 is 0 Å². The number of ether oxygens (including phenoxy) is 9. The molecule has 4 saturated carbocycles. The lowest BCUT2D eigenvalue weighted by Crippen LogP contribution is -2.68. The molecule has 5 heterocycles. The van der Waals surface area contributed by atoms with Gasteiger partial charge in [0.2, 0.25) is 0 Å². The largest absolute Gasteiger partial charge is 0.461 e. The maximum atomic E-state index is 13.8. The van der Waals surface area contributed by atoms with Gasteiger partial charge in [0.25, 0.3) is 0 Å². The van der Waals surface area contributed by atoms with E-state index in [0.29, 0.717) is 19.3 Å². The van der Waals surface area contributed by atoms with Crippen LogP contribution in [0.2, 0.25) is 0 Å². The second kappa shape index (κ2) is 19.6. The Morgan fingerprint density at radius 2 is 1.24 bits per heavy atom. The molecule has 10 aliphatic rings. The van der Waals surface area contributed by atoms with Gasteiger partial charge in [-0.05, 0) is 84.4 Å². The quantitative estimate of drug-likeness (QED) is 0.0654. The molecular weight excluding hydrogens is 977 g/mol. The van der Waals surface area contributed by atoms with Crippen molar-refractivity contribution in [2.45, 2.75) is 229 Å². The molecule has 9 fully saturated rings. The molecule has 5 aliphatic carbocycles. The summed E-state index contributed by atoms with van der Waals surface area (Å²) in [4.78, 5) is 13.8. The van der Waals surface area contributed by atoms with Crippen molar-refractivity contribution in [2.24, 2.45) is 50.2 Å². The van der Waals surface area contributed by atoms with Gasteiger partial charge in [-0.15, -0.1) is 0 Å². The molecule has 28 atom stereocenters. The Labute approximate surface area is 430 Å². The van der Waals surface area contributed by atoms with E-state index in [1.807, 2.05) is 0 Å². The summed E-state index contributed by atoms with van der Waals surface area (Å²) in [5.41, 5.74) is -1.35. The third kappa shape index (κ3) is 8.45. The number of allylic oxidation sites excluding steroid dienone is 2. The first kappa shape index (κ1) is 55.7. The minimum atomic E-state index is -1.88. The van der Waals surface area contributed by atoms with Gasteiger partial charge >= 0.3 is 5.97 Å². The molecular formula is C52H82O22. The first-order chi connectivity index (χ1) is 34.7. The number of carbonyl (C=O) groups is 1. The Morgan fingerprint density at radius 3 is 1.95 bits per heavy atom. The molecule has 22 heteroatoms. The van der Waals surface area contributed by atoms with Crippen LogP contribution in [0.15, 0.2) is 11.6 Å². The van der Waals surface area contributed by atoms with Crippen LogP contribution >= 0.6 is 0 Å². The van der Waals surface area contributed by atoms with Crippen LogP contribution in [0.4, 0.5) is 0 Å². The number of rotatable bonds is 10. The third-order valence-corrected chi connectivity index (χ3v) is 21.1. The summed E-state index contributed by atoms with van der Waals surface area (Å²) in [7, 11) is 0. The van der Waals surface area contributed by atoms with Crippen LogP contribution in [-0.4, -0.2) is 223 Å². The first-order valence-corrected chi connectivity index (χ1v) is 26.8. The fourth-order valence-electron chi connectivity index (χ4n) is 16.4. The Morgan fingerprint density at radius 1 is 0.622 bits per heavy atom. The average molecular weight is 1060 g/mol. The molecule has 2 bridgehead atoms.